The Bertz CT molecular complexity index is 749. The van der Waals surface area contributed by atoms with Gasteiger partial charge < -0.3 is 8.92 Å². The normalized spacial score (nSPS) is 13.4. The Hall–Kier alpha value is -2.27. The summed E-state index contributed by atoms with van der Waals surface area (Å²) in [6, 6.07) is 13.2. The van der Waals surface area contributed by atoms with E-state index in [2.05, 4.69) is 0 Å². The quantitative estimate of drug-likeness (QED) is 0.815. The largest absolute Gasteiger partial charge is 0.485 e. The zero-order valence-electron chi connectivity index (χ0n) is 10.5. The van der Waals surface area contributed by atoms with E-state index < -0.39 is 10.1 Å². The molecule has 0 fully saturated rings. The Balaban J connectivity index is 1.98. The minimum atomic E-state index is -3.85. The molecule has 0 bridgehead atoms. The second-order valence-corrected chi connectivity index (χ2v) is 5.78. The molecule has 0 amide bonds. The molecule has 0 saturated carbocycles. The van der Waals surface area contributed by atoms with E-state index in [0.29, 0.717) is 12.4 Å². The smallest absolute Gasteiger partial charge is 0.339 e. The number of fused-ring (bicyclic) bond motifs is 1. The van der Waals surface area contributed by atoms with Crippen LogP contribution in [0.1, 0.15) is 5.56 Å². The molecule has 1 aliphatic heterocycles. The molecule has 2 aromatic carbocycles. The van der Waals surface area contributed by atoms with Gasteiger partial charge in [0.15, 0.2) is 11.5 Å². The summed E-state index contributed by atoms with van der Waals surface area (Å²) in [5.41, 5.74) is 0.803. The molecule has 0 aromatic heterocycles. The molecule has 20 heavy (non-hydrogen) atoms. The number of para-hydroxylation sites is 1. The lowest BCUT2D eigenvalue weighted by Crippen LogP contribution is -2.11. The van der Waals surface area contributed by atoms with Gasteiger partial charge in [0, 0.05) is 5.56 Å². The number of ether oxygens (including phenoxy) is 1. The van der Waals surface area contributed by atoms with Gasteiger partial charge >= 0.3 is 10.1 Å². The predicted molar refractivity (Wildman–Crippen MR) is 75.2 cm³/mol. The Morgan fingerprint density at radius 1 is 1.00 bits per heavy atom. The molecule has 0 aliphatic carbocycles. The van der Waals surface area contributed by atoms with Crippen LogP contribution in [-0.4, -0.2) is 15.0 Å². The first kappa shape index (κ1) is 12.7. The highest BCUT2D eigenvalue weighted by Gasteiger charge is 2.20. The molecule has 0 radical (unpaired) electrons. The van der Waals surface area contributed by atoms with E-state index in [9.17, 15) is 8.42 Å². The fraction of sp³-hybridized carbons (Fsp3) is 0.0667. The van der Waals surface area contributed by atoms with Gasteiger partial charge in [0.1, 0.15) is 11.5 Å². The van der Waals surface area contributed by atoms with Crippen LogP contribution in [0.3, 0.4) is 0 Å². The molecule has 102 valence electrons. The number of benzene rings is 2. The molecule has 2 aromatic rings. The summed E-state index contributed by atoms with van der Waals surface area (Å²) in [5.74, 6) is 0.658. The van der Waals surface area contributed by atoms with Gasteiger partial charge in [-0.25, -0.2) is 0 Å². The highest BCUT2D eigenvalue weighted by molar-refractivity contribution is 7.87. The number of rotatable bonds is 3. The number of hydrogen-bond acceptors (Lipinski definition) is 4. The SMILES string of the molecule is O=S(=O)(Oc1cccc2c1OCC=C2)c1ccccc1. The highest BCUT2D eigenvalue weighted by Crippen LogP contribution is 2.35. The average molecular weight is 288 g/mol. The van der Waals surface area contributed by atoms with E-state index in [1.54, 1.807) is 30.3 Å². The third-order valence-electron chi connectivity index (χ3n) is 2.86. The second-order valence-electron chi connectivity index (χ2n) is 4.24. The maximum absolute atomic E-state index is 12.2. The maximum atomic E-state index is 12.2. The van der Waals surface area contributed by atoms with Crippen molar-refractivity contribution in [1.29, 1.82) is 0 Å². The molecule has 0 unspecified atom stereocenters. The minimum absolute atomic E-state index is 0.115. The molecule has 3 rings (SSSR count). The van der Waals surface area contributed by atoms with Crippen molar-refractivity contribution in [3.8, 4) is 11.5 Å². The topological polar surface area (TPSA) is 52.6 Å². The standard InChI is InChI=1S/C15H12O4S/c16-20(17,13-8-2-1-3-9-13)19-14-10-4-6-12-7-5-11-18-15(12)14/h1-10H,11H2. The van der Waals surface area contributed by atoms with Crippen LogP contribution in [0.4, 0.5) is 0 Å². The molecule has 0 spiro atoms. The van der Waals surface area contributed by atoms with Crippen LogP contribution in [0.2, 0.25) is 0 Å². The molecule has 1 aliphatic rings. The minimum Gasteiger partial charge on any atom is -0.485 e. The van der Waals surface area contributed by atoms with Crippen LogP contribution in [0.25, 0.3) is 6.08 Å². The van der Waals surface area contributed by atoms with E-state index >= 15 is 0 Å². The number of hydrogen-bond donors (Lipinski definition) is 0. The predicted octanol–water partition coefficient (Wildman–Crippen LogP) is 2.86. The summed E-state index contributed by atoms with van der Waals surface area (Å²) < 4.78 is 35.0. The van der Waals surface area contributed by atoms with Crippen molar-refractivity contribution in [3.05, 3.63) is 60.2 Å². The summed E-state index contributed by atoms with van der Waals surface area (Å²) in [7, 11) is -3.85. The van der Waals surface area contributed by atoms with Crippen molar-refractivity contribution >= 4 is 16.2 Å². The molecule has 0 atom stereocenters. The zero-order chi connectivity index (χ0) is 14.0. The Morgan fingerprint density at radius 3 is 2.60 bits per heavy atom. The van der Waals surface area contributed by atoms with Crippen molar-refractivity contribution < 1.29 is 17.3 Å². The summed E-state index contributed by atoms with van der Waals surface area (Å²) in [5, 5.41) is 0. The monoisotopic (exact) mass is 288 g/mol. The molecule has 1 heterocycles. The molecular formula is C15H12O4S. The molecule has 5 heteroatoms. The van der Waals surface area contributed by atoms with E-state index in [0.717, 1.165) is 5.56 Å². The zero-order valence-corrected chi connectivity index (χ0v) is 11.3. The fourth-order valence-electron chi connectivity index (χ4n) is 1.94. The Kier molecular flexibility index (Phi) is 3.20. The first-order valence-corrected chi connectivity index (χ1v) is 7.49. The van der Waals surface area contributed by atoms with Crippen molar-refractivity contribution in [2.24, 2.45) is 0 Å². The van der Waals surface area contributed by atoms with Crippen LogP contribution < -0.4 is 8.92 Å². The average Bonchev–Trinajstić information content (AvgIpc) is 2.48. The van der Waals surface area contributed by atoms with Crippen LogP contribution in [0.15, 0.2) is 59.5 Å². The Labute approximate surface area is 117 Å². The molecule has 0 N–H and O–H groups in total. The summed E-state index contributed by atoms with van der Waals surface area (Å²) in [6.07, 6.45) is 3.73. The van der Waals surface area contributed by atoms with Gasteiger partial charge in [0.25, 0.3) is 0 Å². The van der Waals surface area contributed by atoms with Gasteiger partial charge in [-0.15, -0.1) is 0 Å². The van der Waals surface area contributed by atoms with Gasteiger partial charge in [0.2, 0.25) is 0 Å². The molecule has 4 nitrogen and oxygen atoms in total. The van der Waals surface area contributed by atoms with Gasteiger partial charge in [0.05, 0.1) is 0 Å². The van der Waals surface area contributed by atoms with Crippen molar-refractivity contribution in [2.45, 2.75) is 4.90 Å². The first-order valence-electron chi connectivity index (χ1n) is 6.09. The highest BCUT2D eigenvalue weighted by atomic mass is 32.2. The second kappa shape index (κ2) is 5.02. The lowest BCUT2D eigenvalue weighted by molar-refractivity contribution is 0.343. The van der Waals surface area contributed by atoms with E-state index in [1.165, 1.54) is 12.1 Å². The maximum Gasteiger partial charge on any atom is 0.339 e. The van der Waals surface area contributed by atoms with Crippen molar-refractivity contribution in [2.75, 3.05) is 6.61 Å². The third kappa shape index (κ3) is 2.40. The van der Waals surface area contributed by atoms with Crippen molar-refractivity contribution in [1.82, 2.24) is 0 Å². The summed E-state index contributed by atoms with van der Waals surface area (Å²) in [4.78, 5) is 0.115. The molecular weight excluding hydrogens is 276 g/mol. The van der Waals surface area contributed by atoms with E-state index in [4.69, 9.17) is 8.92 Å². The van der Waals surface area contributed by atoms with Crippen molar-refractivity contribution in [3.63, 3.8) is 0 Å². The van der Waals surface area contributed by atoms with Gasteiger partial charge in [-0.1, -0.05) is 36.4 Å². The van der Waals surface area contributed by atoms with Gasteiger partial charge in [-0.05, 0) is 24.3 Å². The third-order valence-corrected chi connectivity index (χ3v) is 4.11. The lowest BCUT2D eigenvalue weighted by atomic mass is 10.1. The van der Waals surface area contributed by atoms with E-state index in [1.807, 2.05) is 18.2 Å². The molecule has 0 saturated heterocycles. The summed E-state index contributed by atoms with van der Waals surface area (Å²) >= 11 is 0. The van der Waals surface area contributed by atoms with Crippen LogP contribution in [0.5, 0.6) is 11.5 Å². The van der Waals surface area contributed by atoms with Crippen LogP contribution in [-0.2, 0) is 10.1 Å². The first-order chi connectivity index (χ1) is 9.67. The lowest BCUT2D eigenvalue weighted by Gasteiger charge is -2.16. The van der Waals surface area contributed by atoms with E-state index in [-0.39, 0.29) is 10.6 Å². The summed E-state index contributed by atoms with van der Waals surface area (Å²) in [6.45, 7) is 0.402. The Morgan fingerprint density at radius 2 is 1.80 bits per heavy atom. The fourth-order valence-corrected chi connectivity index (χ4v) is 2.90. The van der Waals surface area contributed by atoms with Crippen LogP contribution in [0, 0.1) is 0 Å². The van der Waals surface area contributed by atoms with Gasteiger partial charge in [-0.3, -0.25) is 0 Å². The van der Waals surface area contributed by atoms with Crippen LogP contribution >= 0.6 is 0 Å². The van der Waals surface area contributed by atoms with Gasteiger partial charge in [-0.2, -0.15) is 8.42 Å².